The van der Waals surface area contributed by atoms with Crippen molar-refractivity contribution in [2.75, 3.05) is 27.4 Å². The van der Waals surface area contributed by atoms with Gasteiger partial charge in [0.05, 0.1) is 33.6 Å². The van der Waals surface area contributed by atoms with Crippen molar-refractivity contribution in [2.24, 2.45) is 5.10 Å². The number of nitrogens with zero attached hydrogens (tertiary/aromatic N) is 1. The van der Waals surface area contributed by atoms with E-state index >= 15 is 0 Å². The van der Waals surface area contributed by atoms with E-state index in [2.05, 4.69) is 22.8 Å². The quantitative estimate of drug-likeness (QED) is 0.335. The number of hydrogen-bond acceptors (Lipinski definition) is 6. The Morgan fingerprint density at radius 2 is 1.83 bits per heavy atom. The number of para-hydroxylation sites is 1. The average molecular weight is 413 g/mol. The highest BCUT2D eigenvalue weighted by Crippen LogP contribution is 2.29. The predicted molar refractivity (Wildman–Crippen MR) is 114 cm³/mol. The largest absolute Gasteiger partial charge is 0.494 e. The lowest BCUT2D eigenvalue weighted by atomic mass is 10.2. The molecule has 0 aliphatic heterocycles. The minimum atomic E-state index is -0.457. The van der Waals surface area contributed by atoms with Gasteiger partial charge in [0.25, 0.3) is 11.8 Å². The number of carbonyl (C=O) groups is 2. The molecule has 30 heavy (non-hydrogen) atoms. The summed E-state index contributed by atoms with van der Waals surface area (Å²) in [6.07, 6.45) is 3.47. The molecule has 0 bridgehead atoms. The molecule has 0 saturated heterocycles. The Hall–Kier alpha value is -3.55. The first kappa shape index (κ1) is 22.7. The monoisotopic (exact) mass is 413 g/mol. The number of hydrogen-bond donors (Lipinski definition) is 2. The van der Waals surface area contributed by atoms with Gasteiger partial charge in [-0.05, 0) is 42.8 Å². The van der Waals surface area contributed by atoms with E-state index in [4.69, 9.17) is 14.2 Å². The summed E-state index contributed by atoms with van der Waals surface area (Å²) < 4.78 is 16.1. The van der Waals surface area contributed by atoms with Gasteiger partial charge in [0.2, 0.25) is 0 Å². The first-order valence-corrected chi connectivity index (χ1v) is 9.63. The molecule has 2 aromatic rings. The smallest absolute Gasteiger partial charge is 0.259 e. The molecule has 2 N–H and O–H groups in total. The zero-order valence-corrected chi connectivity index (χ0v) is 17.4. The standard InChI is InChI=1S/C22H27N3O5/c1-4-5-13-30-18-11-9-16(10-12-18)22(27)23-15-20(26)25-24-14-17-7-6-8-19(28-2)21(17)29-3/h6-12,14H,4-5,13,15H2,1-3H3,(H,23,27)(H,25,26)/b24-14-. The Morgan fingerprint density at radius 1 is 1.07 bits per heavy atom. The van der Waals surface area contributed by atoms with E-state index < -0.39 is 5.91 Å². The molecule has 2 aromatic carbocycles. The highest BCUT2D eigenvalue weighted by molar-refractivity contribution is 5.96. The topological polar surface area (TPSA) is 98.2 Å². The Kier molecular flexibility index (Phi) is 9.18. The van der Waals surface area contributed by atoms with Gasteiger partial charge in [0, 0.05) is 11.1 Å². The molecule has 0 aliphatic rings. The van der Waals surface area contributed by atoms with Crippen LogP contribution in [-0.4, -0.2) is 45.4 Å². The summed E-state index contributed by atoms with van der Waals surface area (Å²) >= 11 is 0. The van der Waals surface area contributed by atoms with Crippen LogP contribution in [0.15, 0.2) is 47.6 Å². The number of carbonyl (C=O) groups excluding carboxylic acids is 2. The second-order valence-corrected chi connectivity index (χ2v) is 6.28. The fraction of sp³-hybridized carbons (Fsp3) is 0.318. The second-order valence-electron chi connectivity index (χ2n) is 6.28. The number of methoxy groups -OCH3 is 2. The van der Waals surface area contributed by atoms with Gasteiger partial charge in [-0.3, -0.25) is 9.59 Å². The van der Waals surface area contributed by atoms with Crippen LogP contribution in [-0.2, 0) is 4.79 Å². The zero-order valence-electron chi connectivity index (χ0n) is 17.4. The highest BCUT2D eigenvalue weighted by Gasteiger charge is 2.09. The molecule has 8 nitrogen and oxygen atoms in total. The van der Waals surface area contributed by atoms with Crippen LogP contribution >= 0.6 is 0 Å². The third kappa shape index (κ3) is 6.80. The third-order valence-corrected chi connectivity index (χ3v) is 4.12. The van der Waals surface area contributed by atoms with E-state index in [1.807, 2.05) is 0 Å². The lowest BCUT2D eigenvalue weighted by molar-refractivity contribution is -0.120. The van der Waals surface area contributed by atoms with E-state index in [0.29, 0.717) is 35.0 Å². The van der Waals surface area contributed by atoms with Crippen LogP contribution in [0.1, 0.15) is 35.7 Å². The van der Waals surface area contributed by atoms with Gasteiger partial charge in [-0.1, -0.05) is 19.4 Å². The van der Waals surface area contributed by atoms with E-state index in [-0.39, 0.29) is 12.5 Å². The summed E-state index contributed by atoms with van der Waals surface area (Å²) in [7, 11) is 3.06. The van der Waals surface area contributed by atoms with Crippen molar-refractivity contribution >= 4 is 18.0 Å². The lowest BCUT2D eigenvalue weighted by Gasteiger charge is -2.09. The SMILES string of the molecule is CCCCOc1ccc(C(=O)NCC(=O)N/N=C\c2cccc(OC)c2OC)cc1. The van der Waals surface area contributed by atoms with Crippen LogP contribution in [0.3, 0.4) is 0 Å². The third-order valence-electron chi connectivity index (χ3n) is 4.12. The Morgan fingerprint density at radius 3 is 2.50 bits per heavy atom. The maximum absolute atomic E-state index is 12.2. The van der Waals surface area contributed by atoms with Crippen molar-refractivity contribution in [1.82, 2.24) is 10.7 Å². The molecule has 0 unspecified atom stereocenters. The minimum absolute atomic E-state index is 0.208. The first-order valence-electron chi connectivity index (χ1n) is 9.63. The number of unbranched alkanes of at least 4 members (excludes halogenated alkanes) is 1. The molecule has 0 atom stereocenters. The fourth-order valence-corrected chi connectivity index (χ4v) is 2.53. The van der Waals surface area contributed by atoms with Crippen LogP contribution in [0.2, 0.25) is 0 Å². The van der Waals surface area contributed by atoms with Gasteiger partial charge in [-0.2, -0.15) is 5.10 Å². The van der Waals surface area contributed by atoms with Crippen molar-refractivity contribution in [2.45, 2.75) is 19.8 Å². The van der Waals surface area contributed by atoms with Crippen molar-refractivity contribution in [3.8, 4) is 17.2 Å². The number of ether oxygens (including phenoxy) is 3. The minimum Gasteiger partial charge on any atom is -0.494 e. The molecule has 2 rings (SSSR count). The zero-order chi connectivity index (χ0) is 21.8. The van der Waals surface area contributed by atoms with Gasteiger partial charge in [0.15, 0.2) is 11.5 Å². The van der Waals surface area contributed by atoms with Crippen molar-refractivity contribution in [1.29, 1.82) is 0 Å². The predicted octanol–water partition coefficient (Wildman–Crippen LogP) is 2.76. The van der Waals surface area contributed by atoms with Crippen LogP contribution < -0.4 is 25.0 Å². The fourth-order valence-electron chi connectivity index (χ4n) is 2.53. The lowest BCUT2D eigenvalue weighted by Crippen LogP contribution is -2.34. The number of hydrazone groups is 1. The van der Waals surface area contributed by atoms with E-state index in [1.54, 1.807) is 42.5 Å². The Balaban J connectivity index is 1.82. The highest BCUT2D eigenvalue weighted by atomic mass is 16.5. The molecule has 2 amide bonds. The maximum atomic E-state index is 12.2. The molecule has 0 saturated carbocycles. The van der Waals surface area contributed by atoms with E-state index in [0.717, 1.165) is 12.8 Å². The molecule has 8 heteroatoms. The average Bonchev–Trinajstić information content (AvgIpc) is 2.77. The van der Waals surface area contributed by atoms with Crippen LogP contribution in [0.4, 0.5) is 0 Å². The molecule has 0 radical (unpaired) electrons. The molecule has 0 aromatic heterocycles. The summed E-state index contributed by atoms with van der Waals surface area (Å²) in [5.41, 5.74) is 3.45. The molecule has 0 aliphatic carbocycles. The normalized spacial score (nSPS) is 10.5. The summed E-state index contributed by atoms with van der Waals surface area (Å²) in [6, 6.07) is 12.1. The van der Waals surface area contributed by atoms with Gasteiger partial charge in [-0.15, -0.1) is 0 Å². The van der Waals surface area contributed by atoms with Crippen molar-refractivity contribution in [3.63, 3.8) is 0 Å². The molecular formula is C22H27N3O5. The Labute approximate surface area is 176 Å². The number of nitrogens with one attached hydrogen (secondary N) is 2. The summed E-state index contributed by atoms with van der Waals surface area (Å²) in [5.74, 6) is 0.958. The maximum Gasteiger partial charge on any atom is 0.259 e. The summed E-state index contributed by atoms with van der Waals surface area (Å²) in [6.45, 7) is 2.53. The number of amides is 2. The number of rotatable bonds is 11. The van der Waals surface area contributed by atoms with Gasteiger partial charge in [-0.25, -0.2) is 5.43 Å². The van der Waals surface area contributed by atoms with E-state index in [9.17, 15) is 9.59 Å². The molecular weight excluding hydrogens is 386 g/mol. The summed E-state index contributed by atoms with van der Waals surface area (Å²) in [4.78, 5) is 24.1. The van der Waals surface area contributed by atoms with Crippen molar-refractivity contribution in [3.05, 3.63) is 53.6 Å². The number of benzene rings is 2. The summed E-state index contributed by atoms with van der Waals surface area (Å²) in [5, 5.41) is 6.45. The van der Waals surface area contributed by atoms with Gasteiger partial charge < -0.3 is 19.5 Å². The Bertz CT molecular complexity index is 866. The first-order chi connectivity index (χ1) is 14.6. The van der Waals surface area contributed by atoms with Gasteiger partial charge >= 0.3 is 0 Å². The van der Waals surface area contributed by atoms with Crippen molar-refractivity contribution < 1.29 is 23.8 Å². The molecule has 160 valence electrons. The molecule has 0 spiro atoms. The van der Waals surface area contributed by atoms with Crippen LogP contribution in [0.25, 0.3) is 0 Å². The van der Waals surface area contributed by atoms with Gasteiger partial charge in [0.1, 0.15) is 5.75 Å². The van der Waals surface area contributed by atoms with Crippen LogP contribution in [0, 0.1) is 0 Å². The van der Waals surface area contributed by atoms with E-state index in [1.165, 1.54) is 20.4 Å². The second kappa shape index (κ2) is 12.1. The van der Waals surface area contributed by atoms with Crippen LogP contribution in [0.5, 0.6) is 17.2 Å². The molecule has 0 heterocycles. The molecule has 0 fully saturated rings.